The fraction of sp³-hybridized carbons (Fsp3) is 1.00. The second-order valence-electron chi connectivity index (χ2n) is 5.45. The predicted octanol–water partition coefficient (Wildman–Crippen LogP) is 2.38. The van der Waals surface area contributed by atoms with E-state index in [9.17, 15) is 0 Å². The number of likely N-dealkylation sites (N-methyl/N-ethyl adjacent to an activating group) is 2. The van der Waals surface area contributed by atoms with Gasteiger partial charge in [-0.25, -0.2) is 0 Å². The highest BCUT2D eigenvalue weighted by Gasteiger charge is 2.06. The van der Waals surface area contributed by atoms with Crippen LogP contribution in [-0.4, -0.2) is 74.6 Å². The third-order valence-corrected chi connectivity index (χ3v) is 3.35. The molecule has 0 aromatic heterocycles. The average molecular weight is 257 g/mol. The molecule has 3 heteroatoms. The van der Waals surface area contributed by atoms with Crippen LogP contribution in [0.2, 0.25) is 0 Å². The summed E-state index contributed by atoms with van der Waals surface area (Å²) in [7, 11) is 4.47. The Hall–Kier alpha value is -0.120. The summed E-state index contributed by atoms with van der Waals surface area (Å²) >= 11 is 0. The van der Waals surface area contributed by atoms with E-state index in [0.717, 1.165) is 0 Å². The summed E-state index contributed by atoms with van der Waals surface area (Å²) in [6.45, 7) is 15.3. The van der Waals surface area contributed by atoms with E-state index in [0.29, 0.717) is 0 Å². The van der Waals surface area contributed by atoms with Crippen LogP contribution in [0.25, 0.3) is 0 Å². The third kappa shape index (κ3) is 9.86. The van der Waals surface area contributed by atoms with Crippen molar-refractivity contribution >= 4 is 0 Å². The topological polar surface area (TPSA) is 9.72 Å². The molecule has 0 heterocycles. The number of nitrogens with zero attached hydrogens (tertiary/aromatic N) is 3. The van der Waals surface area contributed by atoms with E-state index < -0.39 is 0 Å². The van der Waals surface area contributed by atoms with E-state index in [1.165, 1.54) is 65.1 Å². The minimum absolute atomic E-state index is 1.20. The SMILES string of the molecule is CCCN(C)CCN(CCC)CCN(C)CCC. The summed E-state index contributed by atoms with van der Waals surface area (Å²) in [4.78, 5) is 7.50. The Morgan fingerprint density at radius 2 is 0.889 bits per heavy atom. The third-order valence-electron chi connectivity index (χ3n) is 3.35. The lowest BCUT2D eigenvalue weighted by Gasteiger charge is -2.27. The summed E-state index contributed by atoms with van der Waals surface area (Å²) in [5.74, 6) is 0. The molecule has 0 saturated heterocycles. The Balaban J connectivity index is 3.83. The first-order valence-electron chi connectivity index (χ1n) is 7.73. The zero-order valence-electron chi connectivity index (χ0n) is 13.4. The zero-order valence-corrected chi connectivity index (χ0v) is 13.4. The van der Waals surface area contributed by atoms with Crippen LogP contribution >= 0.6 is 0 Å². The Kier molecular flexibility index (Phi) is 11.9. The van der Waals surface area contributed by atoms with Crippen molar-refractivity contribution in [2.75, 3.05) is 59.9 Å². The molecule has 0 amide bonds. The maximum atomic E-state index is 2.61. The van der Waals surface area contributed by atoms with Crippen LogP contribution in [0.15, 0.2) is 0 Å². The molecule has 0 fully saturated rings. The summed E-state index contributed by atoms with van der Waals surface area (Å²) in [5, 5.41) is 0. The molecule has 110 valence electrons. The number of hydrogen-bond donors (Lipinski definition) is 0. The number of hydrogen-bond acceptors (Lipinski definition) is 3. The molecule has 0 aliphatic heterocycles. The van der Waals surface area contributed by atoms with Crippen LogP contribution in [0.4, 0.5) is 0 Å². The molecule has 3 nitrogen and oxygen atoms in total. The van der Waals surface area contributed by atoms with E-state index in [2.05, 4.69) is 49.6 Å². The molecular weight excluding hydrogens is 222 g/mol. The van der Waals surface area contributed by atoms with Gasteiger partial charge in [-0.05, 0) is 53.0 Å². The highest BCUT2D eigenvalue weighted by molar-refractivity contribution is 4.63. The second kappa shape index (κ2) is 11.9. The summed E-state index contributed by atoms with van der Waals surface area (Å²) < 4.78 is 0. The predicted molar refractivity (Wildman–Crippen MR) is 82.3 cm³/mol. The zero-order chi connectivity index (χ0) is 13.8. The van der Waals surface area contributed by atoms with Crippen molar-refractivity contribution in [2.24, 2.45) is 0 Å². The first-order valence-corrected chi connectivity index (χ1v) is 7.73. The lowest BCUT2D eigenvalue weighted by atomic mass is 10.3. The monoisotopic (exact) mass is 257 g/mol. The van der Waals surface area contributed by atoms with Gasteiger partial charge in [-0.3, -0.25) is 0 Å². The maximum absolute atomic E-state index is 2.61. The van der Waals surface area contributed by atoms with Gasteiger partial charge in [0.25, 0.3) is 0 Å². The Morgan fingerprint density at radius 3 is 1.22 bits per heavy atom. The van der Waals surface area contributed by atoms with Crippen molar-refractivity contribution in [1.29, 1.82) is 0 Å². The lowest BCUT2D eigenvalue weighted by Crippen LogP contribution is -2.38. The summed E-state index contributed by atoms with van der Waals surface area (Å²) in [6, 6.07) is 0. The molecule has 0 spiro atoms. The maximum Gasteiger partial charge on any atom is 0.0110 e. The van der Waals surface area contributed by atoms with E-state index >= 15 is 0 Å². The van der Waals surface area contributed by atoms with Gasteiger partial charge in [0.05, 0.1) is 0 Å². The quantitative estimate of drug-likeness (QED) is 0.531. The van der Waals surface area contributed by atoms with Crippen molar-refractivity contribution in [3.05, 3.63) is 0 Å². The molecule has 0 saturated carbocycles. The Morgan fingerprint density at radius 1 is 0.500 bits per heavy atom. The molecule has 0 radical (unpaired) electrons. The molecule has 0 aromatic rings. The summed E-state index contributed by atoms with van der Waals surface area (Å²) in [6.07, 6.45) is 3.77. The highest BCUT2D eigenvalue weighted by atomic mass is 15.2. The van der Waals surface area contributed by atoms with Gasteiger partial charge in [-0.15, -0.1) is 0 Å². The van der Waals surface area contributed by atoms with Gasteiger partial charge < -0.3 is 14.7 Å². The van der Waals surface area contributed by atoms with E-state index in [-0.39, 0.29) is 0 Å². The van der Waals surface area contributed by atoms with Gasteiger partial charge in [0.15, 0.2) is 0 Å². The molecule has 18 heavy (non-hydrogen) atoms. The molecule has 0 atom stereocenters. The minimum Gasteiger partial charge on any atom is -0.305 e. The molecule has 0 rings (SSSR count). The van der Waals surface area contributed by atoms with Crippen LogP contribution in [0.5, 0.6) is 0 Å². The molecular formula is C15H35N3. The van der Waals surface area contributed by atoms with E-state index in [1.54, 1.807) is 0 Å². The van der Waals surface area contributed by atoms with Crippen molar-refractivity contribution in [3.8, 4) is 0 Å². The lowest BCUT2D eigenvalue weighted by molar-refractivity contribution is 0.199. The highest BCUT2D eigenvalue weighted by Crippen LogP contribution is 1.96. The largest absolute Gasteiger partial charge is 0.305 e. The van der Waals surface area contributed by atoms with Crippen LogP contribution in [0, 0.1) is 0 Å². The summed E-state index contributed by atoms with van der Waals surface area (Å²) in [5.41, 5.74) is 0. The molecule has 0 aliphatic rings. The molecule has 0 bridgehead atoms. The van der Waals surface area contributed by atoms with Crippen LogP contribution in [0.1, 0.15) is 40.0 Å². The fourth-order valence-electron chi connectivity index (χ4n) is 2.26. The van der Waals surface area contributed by atoms with Crippen LogP contribution in [-0.2, 0) is 0 Å². The second-order valence-corrected chi connectivity index (χ2v) is 5.45. The molecule has 0 aromatic carbocycles. The van der Waals surface area contributed by atoms with Gasteiger partial charge in [0.1, 0.15) is 0 Å². The van der Waals surface area contributed by atoms with Crippen LogP contribution in [0.3, 0.4) is 0 Å². The molecule has 0 aliphatic carbocycles. The van der Waals surface area contributed by atoms with Gasteiger partial charge in [-0.1, -0.05) is 20.8 Å². The average Bonchev–Trinajstić information content (AvgIpc) is 2.33. The Labute approximate surface area is 115 Å². The first-order chi connectivity index (χ1) is 8.63. The van der Waals surface area contributed by atoms with Crippen molar-refractivity contribution in [2.45, 2.75) is 40.0 Å². The van der Waals surface area contributed by atoms with E-state index in [1.807, 2.05) is 0 Å². The van der Waals surface area contributed by atoms with E-state index in [4.69, 9.17) is 0 Å². The van der Waals surface area contributed by atoms with Crippen LogP contribution < -0.4 is 0 Å². The molecule has 0 unspecified atom stereocenters. The van der Waals surface area contributed by atoms with Gasteiger partial charge >= 0.3 is 0 Å². The standard InChI is InChI=1S/C15H35N3/c1-6-9-16(4)12-14-18(11-8-3)15-13-17(5)10-7-2/h6-15H2,1-5H3. The smallest absolute Gasteiger partial charge is 0.0110 e. The van der Waals surface area contributed by atoms with Crippen molar-refractivity contribution in [1.82, 2.24) is 14.7 Å². The van der Waals surface area contributed by atoms with Crippen molar-refractivity contribution < 1.29 is 0 Å². The van der Waals surface area contributed by atoms with Gasteiger partial charge in [0.2, 0.25) is 0 Å². The Bertz CT molecular complexity index is 157. The van der Waals surface area contributed by atoms with Crippen molar-refractivity contribution in [3.63, 3.8) is 0 Å². The normalized spacial score (nSPS) is 12.0. The van der Waals surface area contributed by atoms with Gasteiger partial charge in [0, 0.05) is 26.2 Å². The minimum atomic E-state index is 1.20. The number of rotatable bonds is 12. The first kappa shape index (κ1) is 17.9. The fourth-order valence-corrected chi connectivity index (χ4v) is 2.26. The van der Waals surface area contributed by atoms with Gasteiger partial charge in [-0.2, -0.15) is 0 Å². The molecule has 0 N–H and O–H groups in total.